The molecule has 0 bridgehead atoms. The van der Waals surface area contributed by atoms with Gasteiger partial charge in [0.05, 0.1) is 5.02 Å². The van der Waals surface area contributed by atoms with E-state index < -0.39 is 0 Å². The molecule has 3 aromatic rings. The molecule has 0 aliphatic heterocycles. The quantitative estimate of drug-likeness (QED) is 0.508. The Bertz CT molecular complexity index is 761. The first-order chi connectivity index (χ1) is 10.1. The Labute approximate surface area is 144 Å². The molecule has 6 heteroatoms. The molecule has 3 rings (SSSR count). The van der Waals surface area contributed by atoms with Crippen LogP contribution in [0.5, 0.6) is 0 Å². The van der Waals surface area contributed by atoms with Crippen molar-refractivity contribution in [2.24, 2.45) is 0 Å². The van der Waals surface area contributed by atoms with Gasteiger partial charge in [-0.15, -0.1) is 21.8 Å². The summed E-state index contributed by atoms with van der Waals surface area (Å²) in [5.74, 6) is 0. The minimum absolute atomic E-state index is 0.284. The van der Waals surface area contributed by atoms with Crippen molar-refractivity contribution >= 4 is 50.5 Å². The molecule has 1 aromatic heterocycles. The van der Waals surface area contributed by atoms with Crippen molar-refractivity contribution in [3.63, 3.8) is 0 Å². The molecule has 1 unspecified atom stereocenters. The third kappa shape index (κ3) is 3.29. The molecule has 0 saturated carbocycles. The number of halogens is 3. The highest BCUT2D eigenvalue weighted by Crippen LogP contribution is 2.35. The topological polar surface area (TPSA) is 25.8 Å². The second-order valence-corrected chi connectivity index (χ2v) is 7.05. The lowest BCUT2D eigenvalue weighted by atomic mass is 10.1. The number of nitrogens with zero attached hydrogens (tertiary/aromatic N) is 2. The number of hydrogen-bond donors (Lipinski definition) is 0. The van der Waals surface area contributed by atoms with Crippen molar-refractivity contribution in [1.29, 1.82) is 0 Å². The van der Waals surface area contributed by atoms with Crippen molar-refractivity contribution in [3.05, 3.63) is 68.6 Å². The molecular formula is C15H9BrCl2N2S. The van der Waals surface area contributed by atoms with Crippen LogP contribution in [0.3, 0.4) is 0 Å². The maximum atomic E-state index is 6.47. The summed E-state index contributed by atoms with van der Waals surface area (Å²) in [6, 6.07) is 15.5. The van der Waals surface area contributed by atoms with E-state index in [9.17, 15) is 0 Å². The smallest absolute Gasteiger partial charge is 0.141 e. The Hall–Kier alpha value is -0.940. The third-order valence-electron chi connectivity index (χ3n) is 2.92. The maximum absolute atomic E-state index is 6.47. The summed E-state index contributed by atoms with van der Waals surface area (Å²) in [5.41, 5.74) is 1.98. The van der Waals surface area contributed by atoms with Gasteiger partial charge in [-0.25, -0.2) is 0 Å². The van der Waals surface area contributed by atoms with Crippen LogP contribution in [0.4, 0.5) is 0 Å². The number of benzene rings is 2. The lowest BCUT2D eigenvalue weighted by Gasteiger charge is -2.04. The van der Waals surface area contributed by atoms with E-state index in [4.69, 9.17) is 23.2 Å². The van der Waals surface area contributed by atoms with Crippen molar-refractivity contribution in [3.8, 4) is 10.6 Å². The van der Waals surface area contributed by atoms with Crippen molar-refractivity contribution in [2.75, 3.05) is 0 Å². The summed E-state index contributed by atoms with van der Waals surface area (Å²) in [5, 5.41) is 10.4. The molecule has 0 amide bonds. The molecule has 0 aliphatic carbocycles. The zero-order chi connectivity index (χ0) is 14.8. The van der Waals surface area contributed by atoms with Crippen molar-refractivity contribution in [2.45, 2.75) is 5.38 Å². The summed E-state index contributed by atoms with van der Waals surface area (Å²) in [4.78, 5) is 0. The second-order valence-electron chi connectivity index (χ2n) is 4.35. The summed E-state index contributed by atoms with van der Waals surface area (Å²) in [6.07, 6.45) is 0. The Kier molecular flexibility index (Phi) is 4.60. The van der Waals surface area contributed by atoms with E-state index in [-0.39, 0.29) is 5.38 Å². The average molecular weight is 400 g/mol. The highest BCUT2D eigenvalue weighted by atomic mass is 79.9. The van der Waals surface area contributed by atoms with Crippen LogP contribution in [0.1, 0.15) is 15.9 Å². The highest BCUT2D eigenvalue weighted by Gasteiger charge is 2.17. The third-order valence-corrected chi connectivity index (χ3v) is 5.76. The zero-order valence-corrected chi connectivity index (χ0v) is 14.5. The standard InChI is InChI=1S/C15H9BrCl2N2S/c16-11-8-10(6-7-12(11)17)14-19-20-15(21-14)13(18)9-4-2-1-3-5-9/h1-8,13H. The first-order valence-electron chi connectivity index (χ1n) is 6.13. The molecule has 0 spiro atoms. The van der Waals surface area contributed by atoms with Crippen LogP contribution in [-0.2, 0) is 0 Å². The van der Waals surface area contributed by atoms with E-state index in [0.29, 0.717) is 5.02 Å². The fourth-order valence-electron chi connectivity index (χ4n) is 1.85. The average Bonchev–Trinajstić information content (AvgIpc) is 3.00. The zero-order valence-electron chi connectivity index (χ0n) is 10.6. The molecular weight excluding hydrogens is 391 g/mol. The lowest BCUT2D eigenvalue weighted by Crippen LogP contribution is -1.91. The summed E-state index contributed by atoms with van der Waals surface area (Å²) in [6.45, 7) is 0. The summed E-state index contributed by atoms with van der Waals surface area (Å²) < 4.78 is 0.837. The number of aromatic nitrogens is 2. The van der Waals surface area contributed by atoms with Gasteiger partial charge in [-0.2, -0.15) is 0 Å². The van der Waals surface area contributed by atoms with Gasteiger partial charge in [0, 0.05) is 10.0 Å². The van der Waals surface area contributed by atoms with E-state index in [1.807, 2.05) is 48.5 Å². The first kappa shape index (κ1) is 15.0. The highest BCUT2D eigenvalue weighted by molar-refractivity contribution is 9.10. The van der Waals surface area contributed by atoms with Crippen LogP contribution in [0.2, 0.25) is 5.02 Å². The molecule has 2 aromatic carbocycles. The molecule has 0 saturated heterocycles. The van der Waals surface area contributed by atoms with Gasteiger partial charge in [0.2, 0.25) is 0 Å². The molecule has 21 heavy (non-hydrogen) atoms. The van der Waals surface area contributed by atoms with E-state index >= 15 is 0 Å². The van der Waals surface area contributed by atoms with Crippen LogP contribution in [0.15, 0.2) is 53.0 Å². The van der Waals surface area contributed by atoms with E-state index in [2.05, 4.69) is 26.1 Å². The minimum atomic E-state index is -0.284. The molecule has 1 heterocycles. The van der Waals surface area contributed by atoms with Gasteiger partial charge in [-0.3, -0.25) is 0 Å². The molecule has 0 fully saturated rings. The van der Waals surface area contributed by atoms with Gasteiger partial charge in [0.25, 0.3) is 0 Å². The van der Waals surface area contributed by atoms with E-state index in [0.717, 1.165) is 25.6 Å². The van der Waals surface area contributed by atoms with Gasteiger partial charge in [-0.05, 0) is 33.6 Å². The molecule has 0 aliphatic rings. The number of alkyl halides is 1. The van der Waals surface area contributed by atoms with Crippen LogP contribution in [0, 0.1) is 0 Å². The SMILES string of the molecule is Clc1ccc(-c2nnc(C(Cl)c3ccccc3)s2)cc1Br. The molecule has 2 nitrogen and oxygen atoms in total. The fraction of sp³-hybridized carbons (Fsp3) is 0.0667. The molecule has 0 N–H and O–H groups in total. The second kappa shape index (κ2) is 6.44. The summed E-state index contributed by atoms with van der Waals surface area (Å²) >= 11 is 17.4. The Morgan fingerprint density at radius 3 is 2.52 bits per heavy atom. The molecule has 1 atom stereocenters. The molecule has 0 radical (unpaired) electrons. The number of hydrogen-bond acceptors (Lipinski definition) is 3. The van der Waals surface area contributed by atoms with Gasteiger partial charge < -0.3 is 0 Å². The van der Waals surface area contributed by atoms with Crippen molar-refractivity contribution < 1.29 is 0 Å². The van der Waals surface area contributed by atoms with Crippen LogP contribution >= 0.6 is 50.5 Å². The summed E-state index contributed by atoms with van der Waals surface area (Å²) in [7, 11) is 0. The monoisotopic (exact) mass is 398 g/mol. The molecule has 106 valence electrons. The van der Waals surface area contributed by atoms with Gasteiger partial charge in [0.1, 0.15) is 15.4 Å². The van der Waals surface area contributed by atoms with Crippen molar-refractivity contribution in [1.82, 2.24) is 10.2 Å². The largest absolute Gasteiger partial charge is 0.147 e. The van der Waals surface area contributed by atoms with Crippen LogP contribution < -0.4 is 0 Å². The first-order valence-corrected chi connectivity index (χ1v) is 8.55. The predicted molar refractivity (Wildman–Crippen MR) is 92.2 cm³/mol. The normalized spacial score (nSPS) is 12.3. The lowest BCUT2D eigenvalue weighted by molar-refractivity contribution is 0.988. The van der Waals surface area contributed by atoms with Crippen LogP contribution in [-0.4, -0.2) is 10.2 Å². The maximum Gasteiger partial charge on any atom is 0.147 e. The van der Waals surface area contributed by atoms with E-state index in [1.165, 1.54) is 11.3 Å². The Balaban J connectivity index is 1.91. The van der Waals surface area contributed by atoms with Gasteiger partial charge in [-0.1, -0.05) is 59.3 Å². The number of rotatable bonds is 3. The Morgan fingerprint density at radius 2 is 1.81 bits per heavy atom. The minimum Gasteiger partial charge on any atom is -0.141 e. The van der Waals surface area contributed by atoms with Gasteiger partial charge >= 0.3 is 0 Å². The Morgan fingerprint density at radius 1 is 1.05 bits per heavy atom. The van der Waals surface area contributed by atoms with Crippen LogP contribution in [0.25, 0.3) is 10.6 Å². The van der Waals surface area contributed by atoms with Gasteiger partial charge in [0.15, 0.2) is 0 Å². The predicted octanol–water partition coefficient (Wildman–Crippen LogP) is 5.95. The van der Waals surface area contributed by atoms with E-state index in [1.54, 1.807) is 0 Å². The fourth-order valence-corrected chi connectivity index (χ4v) is 3.51.